The first-order valence-electron chi connectivity index (χ1n) is 10.2. The molecule has 0 aromatic heterocycles. The molecule has 0 N–H and O–H groups in total. The van der Waals surface area contributed by atoms with Crippen molar-refractivity contribution in [1.82, 2.24) is 14.7 Å². The summed E-state index contributed by atoms with van der Waals surface area (Å²) < 4.78 is 38.3. The second-order valence-electron chi connectivity index (χ2n) is 8.05. The van der Waals surface area contributed by atoms with E-state index in [1.54, 1.807) is 12.1 Å². The molecule has 1 aliphatic heterocycles. The molecule has 0 amide bonds. The van der Waals surface area contributed by atoms with Crippen LogP contribution in [0.2, 0.25) is 0 Å². The predicted octanol–water partition coefficient (Wildman–Crippen LogP) is 4.44. The molecule has 0 unspecified atom stereocenters. The van der Waals surface area contributed by atoms with Crippen molar-refractivity contribution in [3.8, 4) is 11.1 Å². The van der Waals surface area contributed by atoms with Gasteiger partial charge in [-0.05, 0) is 68.5 Å². The number of piperazine rings is 1. The Kier molecular flexibility index (Phi) is 7.33. The summed E-state index contributed by atoms with van der Waals surface area (Å²) in [5.74, 6) is 0. The van der Waals surface area contributed by atoms with E-state index in [2.05, 4.69) is 40.9 Å². The Hall–Kier alpha value is -1.89. The van der Waals surface area contributed by atoms with Crippen LogP contribution in [0.1, 0.15) is 17.5 Å². The van der Waals surface area contributed by atoms with E-state index >= 15 is 0 Å². The lowest BCUT2D eigenvalue weighted by atomic mass is 10.0. The van der Waals surface area contributed by atoms with Crippen LogP contribution in [-0.2, 0) is 12.7 Å². The summed E-state index contributed by atoms with van der Waals surface area (Å²) in [4.78, 5) is 7.20. The summed E-state index contributed by atoms with van der Waals surface area (Å²) in [5.41, 5.74) is 2.36. The summed E-state index contributed by atoms with van der Waals surface area (Å²) >= 11 is 0. The second-order valence-corrected chi connectivity index (χ2v) is 8.05. The second kappa shape index (κ2) is 9.74. The van der Waals surface area contributed by atoms with Crippen molar-refractivity contribution in [3.63, 3.8) is 0 Å². The molecule has 2 aromatic rings. The average molecular weight is 406 g/mol. The van der Waals surface area contributed by atoms with Crippen molar-refractivity contribution >= 4 is 0 Å². The van der Waals surface area contributed by atoms with Crippen molar-refractivity contribution < 1.29 is 13.2 Å². The number of halogens is 3. The number of hydrogen-bond acceptors (Lipinski definition) is 3. The summed E-state index contributed by atoms with van der Waals surface area (Å²) in [7, 11) is 4.22. The lowest BCUT2D eigenvalue weighted by molar-refractivity contribution is -0.137. The molecule has 3 nitrogen and oxygen atoms in total. The van der Waals surface area contributed by atoms with Gasteiger partial charge in [0.05, 0.1) is 5.56 Å². The summed E-state index contributed by atoms with van der Waals surface area (Å²) in [6.07, 6.45) is -3.10. The zero-order chi connectivity index (χ0) is 20.9. The van der Waals surface area contributed by atoms with Crippen molar-refractivity contribution in [2.75, 3.05) is 53.4 Å². The van der Waals surface area contributed by atoms with Crippen LogP contribution >= 0.6 is 0 Å². The largest absolute Gasteiger partial charge is 0.416 e. The Labute approximate surface area is 171 Å². The third-order valence-electron chi connectivity index (χ3n) is 5.42. The molecule has 0 saturated carbocycles. The van der Waals surface area contributed by atoms with Gasteiger partial charge >= 0.3 is 6.18 Å². The average Bonchev–Trinajstić information content (AvgIpc) is 2.69. The van der Waals surface area contributed by atoms with Gasteiger partial charge in [-0.25, -0.2) is 0 Å². The summed E-state index contributed by atoms with van der Waals surface area (Å²) in [6.45, 7) is 7.42. The predicted molar refractivity (Wildman–Crippen MR) is 112 cm³/mol. The molecule has 29 heavy (non-hydrogen) atoms. The molecule has 1 heterocycles. The normalized spacial score (nSPS) is 16.5. The molecule has 1 saturated heterocycles. The minimum atomic E-state index is -4.30. The number of rotatable bonds is 7. The molecule has 0 spiro atoms. The molecule has 1 aliphatic rings. The van der Waals surface area contributed by atoms with E-state index in [0.29, 0.717) is 0 Å². The van der Waals surface area contributed by atoms with Crippen LogP contribution in [0.25, 0.3) is 11.1 Å². The third kappa shape index (κ3) is 6.56. The van der Waals surface area contributed by atoms with Gasteiger partial charge in [0, 0.05) is 32.7 Å². The molecule has 1 fully saturated rings. The van der Waals surface area contributed by atoms with Crippen LogP contribution in [0.4, 0.5) is 13.2 Å². The lowest BCUT2D eigenvalue weighted by Crippen LogP contribution is -2.46. The SMILES string of the molecule is CN(C)CCCN1CCN(Cc2cccc(-c3ccc(C(F)(F)F)cc3)c2)CC1. The Morgan fingerprint density at radius 1 is 0.862 bits per heavy atom. The van der Waals surface area contributed by atoms with Gasteiger partial charge in [-0.2, -0.15) is 13.2 Å². The first-order chi connectivity index (χ1) is 13.8. The van der Waals surface area contributed by atoms with Crippen LogP contribution < -0.4 is 0 Å². The highest BCUT2D eigenvalue weighted by atomic mass is 19.4. The molecule has 3 rings (SSSR count). The molecule has 6 heteroatoms. The maximum atomic E-state index is 12.8. The monoisotopic (exact) mass is 405 g/mol. The van der Waals surface area contributed by atoms with Crippen molar-refractivity contribution in [1.29, 1.82) is 0 Å². The van der Waals surface area contributed by atoms with E-state index in [4.69, 9.17) is 0 Å². The van der Waals surface area contributed by atoms with E-state index < -0.39 is 11.7 Å². The van der Waals surface area contributed by atoms with Gasteiger partial charge in [-0.1, -0.05) is 30.3 Å². The van der Waals surface area contributed by atoms with Gasteiger partial charge < -0.3 is 9.80 Å². The Bertz CT molecular complexity index is 764. The van der Waals surface area contributed by atoms with Crippen molar-refractivity contribution in [3.05, 3.63) is 59.7 Å². The molecule has 158 valence electrons. The highest BCUT2D eigenvalue weighted by molar-refractivity contribution is 5.64. The fourth-order valence-corrected chi connectivity index (χ4v) is 3.74. The Morgan fingerprint density at radius 3 is 2.14 bits per heavy atom. The maximum Gasteiger partial charge on any atom is 0.416 e. The molecule has 0 bridgehead atoms. The standard InChI is InChI=1S/C23H30F3N3/c1-27(2)11-4-12-28-13-15-29(16-14-28)18-19-5-3-6-21(17-19)20-7-9-22(10-8-20)23(24,25)26/h3,5-10,17H,4,11-16,18H2,1-2H3. The van der Waals surface area contributed by atoms with Crippen LogP contribution in [0, 0.1) is 0 Å². The van der Waals surface area contributed by atoms with Gasteiger partial charge in [0.15, 0.2) is 0 Å². The Balaban J connectivity index is 1.54. The van der Waals surface area contributed by atoms with Crippen LogP contribution in [0.15, 0.2) is 48.5 Å². The first-order valence-corrected chi connectivity index (χ1v) is 10.2. The van der Waals surface area contributed by atoms with Crippen molar-refractivity contribution in [2.24, 2.45) is 0 Å². The smallest absolute Gasteiger partial charge is 0.309 e. The molecule has 0 atom stereocenters. The van der Waals surface area contributed by atoms with E-state index in [1.807, 2.05) is 12.1 Å². The molecular weight excluding hydrogens is 375 g/mol. The van der Waals surface area contributed by atoms with Crippen LogP contribution in [0.5, 0.6) is 0 Å². The molecule has 0 aliphatic carbocycles. The maximum absolute atomic E-state index is 12.8. The van der Waals surface area contributed by atoms with Crippen LogP contribution in [0.3, 0.4) is 0 Å². The van der Waals surface area contributed by atoms with Gasteiger partial charge in [0.25, 0.3) is 0 Å². The van der Waals surface area contributed by atoms with Gasteiger partial charge in [-0.15, -0.1) is 0 Å². The zero-order valence-corrected chi connectivity index (χ0v) is 17.3. The van der Waals surface area contributed by atoms with Gasteiger partial charge in [0.2, 0.25) is 0 Å². The fraction of sp³-hybridized carbons (Fsp3) is 0.478. The first kappa shape index (κ1) is 21.8. The minimum absolute atomic E-state index is 0.610. The van der Waals surface area contributed by atoms with E-state index in [0.717, 1.165) is 69.1 Å². The van der Waals surface area contributed by atoms with Gasteiger partial charge in [0.1, 0.15) is 0 Å². The number of benzene rings is 2. The van der Waals surface area contributed by atoms with Crippen LogP contribution in [-0.4, -0.2) is 68.1 Å². The minimum Gasteiger partial charge on any atom is -0.309 e. The molecular formula is C23H30F3N3. The van der Waals surface area contributed by atoms with E-state index in [-0.39, 0.29) is 0 Å². The summed E-state index contributed by atoms with van der Waals surface area (Å²) in [6, 6.07) is 13.5. The van der Waals surface area contributed by atoms with Crippen molar-refractivity contribution in [2.45, 2.75) is 19.1 Å². The highest BCUT2D eigenvalue weighted by Crippen LogP contribution is 2.31. The van der Waals surface area contributed by atoms with Gasteiger partial charge in [-0.3, -0.25) is 4.90 Å². The quantitative estimate of drug-likeness (QED) is 0.674. The highest BCUT2D eigenvalue weighted by Gasteiger charge is 2.30. The number of alkyl halides is 3. The molecule has 0 radical (unpaired) electrons. The molecule has 2 aromatic carbocycles. The van der Waals surface area contributed by atoms with E-state index in [1.165, 1.54) is 12.0 Å². The number of nitrogens with zero attached hydrogens (tertiary/aromatic N) is 3. The topological polar surface area (TPSA) is 9.72 Å². The zero-order valence-electron chi connectivity index (χ0n) is 17.3. The third-order valence-corrected chi connectivity index (χ3v) is 5.42. The number of hydrogen-bond donors (Lipinski definition) is 0. The lowest BCUT2D eigenvalue weighted by Gasteiger charge is -2.35. The fourth-order valence-electron chi connectivity index (χ4n) is 3.74. The van der Waals surface area contributed by atoms with E-state index in [9.17, 15) is 13.2 Å². The Morgan fingerprint density at radius 2 is 1.52 bits per heavy atom. The summed E-state index contributed by atoms with van der Waals surface area (Å²) in [5, 5.41) is 0.